The minimum Gasteiger partial charge on any atom is -0.488 e. The van der Waals surface area contributed by atoms with Crippen molar-refractivity contribution in [2.45, 2.75) is 38.7 Å². The lowest BCUT2D eigenvalue weighted by Gasteiger charge is -2.19. The average Bonchev–Trinajstić information content (AvgIpc) is 2.57. The molecule has 2 N–H and O–H groups in total. The molecule has 1 aliphatic rings. The lowest BCUT2D eigenvalue weighted by Crippen LogP contribution is -2.24. The number of ether oxygens (including phenoxy) is 1. The van der Waals surface area contributed by atoms with Gasteiger partial charge < -0.3 is 10.5 Å². The molecule has 1 heterocycles. The van der Waals surface area contributed by atoms with Gasteiger partial charge in [-0.2, -0.15) is 0 Å². The highest BCUT2D eigenvalue weighted by Crippen LogP contribution is 2.33. The Labute approximate surface area is 91.4 Å². The molecule has 0 saturated heterocycles. The fourth-order valence-corrected chi connectivity index (χ4v) is 1.92. The number of hydrogen-bond acceptors (Lipinski definition) is 2. The van der Waals surface area contributed by atoms with Gasteiger partial charge in [-0.05, 0) is 22.6 Å². The lowest BCUT2D eigenvalue weighted by molar-refractivity contribution is 0.241. The highest BCUT2D eigenvalue weighted by Gasteiger charge is 2.23. The van der Waals surface area contributed by atoms with E-state index in [1.807, 2.05) is 0 Å². The largest absolute Gasteiger partial charge is 0.488 e. The smallest absolute Gasteiger partial charge is 0.123 e. The predicted octanol–water partition coefficient (Wildman–Crippen LogP) is 2.25. The zero-order valence-corrected chi connectivity index (χ0v) is 9.71. The molecule has 0 fully saturated rings. The highest BCUT2D eigenvalue weighted by atomic mass is 16.5. The molecule has 82 valence electrons. The van der Waals surface area contributed by atoms with Crippen molar-refractivity contribution in [2.24, 2.45) is 5.73 Å². The van der Waals surface area contributed by atoms with Crippen molar-refractivity contribution in [1.82, 2.24) is 0 Å². The summed E-state index contributed by atoms with van der Waals surface area (Å²) in [5.74, 6) is 1.01. The van der Waals surface area contributed by atoms with Crippen molar-refractivity contribution in [3.63, 3.8) is 0 Å². The number of nitrogens with two attached hydrogens (primary N) is 1. The summed E-state index contributed by atoms with van der Waals surface area (Å²) in [4.78, 5) is 0. The normalized spacial score (nSPS) is 19.9. The summed E-state index contributed by atoms with van der Waals surface area (Å²) >= 11 is 0. The van der Waals surface area contributed by atoms with E-state index in [-0.39, 0.29) is 11.5 Å². The van der Waals surface area contributed by atoms with Crippen LogP contribution in [-0.2, 0) is 11.8 Å². The van der Waals surface area contributed by atoms with Crippen LogP contribution in [0.4, 0.5) is 0 Å². The van der Waals surface area contributed by atoms with E-state index in [1.165, 1.54) is 11.1 Å². The lowest BCUT2D eigenvalue weighted by atomic mass is 9.86. The highest BCUT2D eigenvalue weighted by molar-refractivity contribution is 5.42. The molecule has 0 aromatic heterocycles. The molecule has 1 unspecified atom stereocenters. The SMILES string of the molecule is CC(C)(C)c1ccc2c(c1)CC(CN)O2. The second-order valence-electron chi connectivity index (χ2n) is 5.25. The minimum absolute atomic E-state index is 0.176. The van der Waals surface area contributed by atoms with Crippen molar-refractivity contribution < 1.29 is 4.74 Å². The van der Waals surface area contributed by atoms with Crippen LogP contribution in [0.5, 0.6) is 5.75 Å². The fourth-order valence-electron chi connectivity index (χ4n) is 1.92. The molecule has 0 bridgehead atoms. The molecular formula is C13H19NO. The maximum atomic E-state index is 5.70. The summed E-state index contributed by atoms with van der Waals surface area (Å²) in [6.07, 6.45) is 1.13. The average molecular weight is 205 g/mol. The summed E-state index contributed by atoms with van der Waals surface area (Å²) in [6, 6.07) is 6.48. The van der Waals surface area contributed by atoms with Crippen LogP contribution in [0.2, 0.25) is 0 Å². The van der Waals surface area contributed by atoms with Gasteiger partial charge >= 0.3 is 0 Å². The van der Waals surface area contributed by atoms with Crippen LogP contribution < -0.4 is 10.5 Å². The van der Waals surface area contributed by atoms with Crippen LogP contribution in [0.25, 0.3) is 0 Å². The Morgan fingerprint density at radius 1 is 1.40 bits per heavy atom. The predicted molar refractivity (Wildman–Crippen MR) is 62.3 cm³/mol. The monoisotopic (exact) mass is 205 g/mol. The van der Waals surface area contributed by atoms with Crippen LogP contribution in [0.3, 0.4) is 0 Å². The quantitative estimate of drug-likeness (QED) is 0.763. The summed E-state index contributed by atoms with van der Waals surface area (Å²) in [5, 5.41) is 0. The second-order valence-corrected chi connectivity index (χ2v) is 5.25. The maximum absolute atomic E-state index is 5.70. The van der Waals surface area contributed by atoms with E-state index in [0.29, 0.717) is 6.54 Å². The van der Waals surface area contributed by atoms with E-state index in [9.17, 15) is 0 Å². The summed E-state index contributed by atoms with van der Waals surface area (Å²) in [5.41, 5.74) is 8.48. The first-order chi connectivity index (χ1) is 7.00. The Kier molecular flexibility index (Phi) is 2.47. The van der Waals surface area contributed by atoms with Crippen LogP contribution >= 0.6 is 0 Å². The summed E-state index contributed by atoms with van der Waals surface area (Å²) in [6.45, 7) is 7.28. The third-order valence-corrected chi connectivity index (χ3v) is 2.93. The molecule has 15 heavy (non-hydrogen) atoms. The third kappa shape index (κ3) is 2.00. The van der Waals surface area contributed by atoms with E-state index < -0.39 is 0 Å². The first-order valence-corrected chi connectivity index (χ1v) is 5.51. The van der Waals surface area contributed by atoms with Gasteiger partial charge in [0, 0.05) is 13.0 Å². The van der Waals surface area contributed by atoms with Gasteiger partial charge in [0.05, 0.1) is 0 Å². The van der Waals surface area contributed by atoms with Crippen molar-refractivity contribution in [2.75, 3.05) is 6.54 Å². The molecular weight excluding hydrogens is 186 g/mol. The zero-order valence-electron chi connectivity index (χ0n) is 9.71. The molecule has 0 radical (unpaired) electrons. The van der Waals surface area contributed by atoms with Gasteiger partial charge in [-0.3, -0.25) is 0 Å². The Bertz CT molecular complexity index is 365. The zero-order chi connectivity index (χ0) is 11.1. The Balaban J connectivity index is 2.30. The first-order valence-electron chi connectivity index (χ1n) is 5.51. The number of rotatable bonds is 1. The van der Waals surface area contributed by atoms with Gasteiger partial charge in [0.1, 0.15) is 11.9 Å². The molecule has 1 aromatic rings. The van der Waals surface area contributed by atoms with Crippen LogP contribution in [0, 0.1) is 0 Å². The van der Waals surface area contributed by atoms with Gasteiger partial charge in [0.2, 0.25) is 0 Å². The molecule has 0 spiro atoms. The van der Waals surface area contributed by atoms with Crippen molar-refractivity contribution in [3.8, 4) is 5.75 Å². The molecule has 0 amide bonds. The van der Waals surface area contributed by atoms with Gasteiger partial charge in [-0.25, -0.2) is 0 Å². The van der Waals surface area contributed by atoms with Crippen LogP contribution in [-0.4, -0.2) is 12.6 Å². The Morgan fingerprint density at radius 2 is 2.13 bits per heavy atom. The van der Waals surface area contributed by atoms with Gasteiger partial charge in [-0.15, -0.1) is 0 Å². The van der Waals surface area contributed by atoms with Gasteiger partial charge in [0.15, 0.2) is 0 Å². The molecule has 0 aliphatic carbocycles. The van der Waals surface area contributed by atoms with Crippen molar-refractivity contribution in [3.05, 3.63) is 29.3 Å². The van der Waals surface area contributed by atoms with Crippen LogP contribution in [0.15, 0.2) is 18.2 Å². The number of benzene rings is 1. The van der Waals surface area contributed by atoms with Crippen molar-refractivity contribution >= 4 is 0 Å². The van der Waals surface area contributed by atoms with E-state index in [1.54, 1.807) is 0 Å². The number of hydrogen-bond donors (Lipinski definition) is 1. The standard InChI is InChI=1S/C13H19NO/c1-13(2,3)10-4-5-12-9(6-10)7-11(8-14)15-12/h4-6,11H,7-8,14H2,1-3H3. The van der Waals surface area contributed by atoms with E-state index in [0.717, 1.165) is 12.2 Å². The summed E-state index contributed by atoms with van der Waals surface area (Å²) in [7, 11) is 0. The number of fused-ring (bicyclic) bond motifs is 1. The molecule has 0 saturated carbocycles. The van der Waals surface area contributed by atoms with E-state index in [4.69, 9.17) is 10.5 Å². The molecule has 2 rings (SSSR count). The van der Waals surface area contributed by atoms with Gasteiger partial charge in [-0.1, -0.05) is 32.9 Å². The van der Waals surface area contributed by atoms with Gasteiger partial charge in [0.25, 0.3) is 0 Å². The second kappa shape index (κ2) is 3.53. The maximum Gasteiger partial charge on any atom is 0.123 e. The molecule has 2 nitrogen and oxygen atoms in total. The third-order valence-electron chi connectivity index (χ3n) is 2.93. The molecule has 1 aliphatic heterocycles. The Morgan fingerprint density at radius 3 is 2.73 bits per heavy atom. The fraction of sp³-hybridized carbons (Fsp3) is 0.538. The summed E-state index contributed by atoms with van der Waals surface area (Å²) < 4.78 is 5.70. The molecule has 1 atom stereocenters. The molecule has 2 heteroatoms. The van der Waals surface area contributed by atoms with Crippen molar-refractivity contribution in [1.29, 1.82) is 0 Å². The molecule has 1 aromatic carbocycles. The first kappa shape index (κ1) is 10.5. The topological polar surface area (TPSA) is 35.2 Å². The Hall–Kier alpha value is -1.02. The van der Waals surface area contributed by atoms with E-state index in [2.05, 4.69) is 39.0 Å². The van der Waals surface area contributed by atoms with E-state index >= 15 is 0 Å². The van der Waals surface area contributed by atoms with Crippen LogP contribution in [0.1, 0.15) is 31.9 Å². The minimum atomic E-state index is 0.176.